The lowest BCUT2D eigenvalue weighted by Gasteiger charge is -2.33. The molecule has 7 heteroatoms. The van der Waals surface area contributed by atoms with Gasteiger partial charge in [0, 0.05) is 42.8 Å². The Balaban J connectivity index is 1.28. The van der Waals surface area contributed by atoms with Gasteiger partial charge in [0.2, 0.25) is 17.6 Å². The van der Waals surface area contributed by atoms with Crippen LogP contribution in [0.4, 0.5) is 0 Å². The molecule has 30 heavy (non-hydrogen) atoms. The van der Waals surface area contributed by atoms with E-state index in [0.717, 1.165) is 24.2 Å². The lowest BCUT2D eigenvalue weighted by Crippen LogP contribution is -2.47. The standard InChI is InChI=1S/C23H23ClN4O2/c1-17-5-8-19(9-6-17)23-25-21(30-26-23)16-27-11-13-28(14-12-27)22(29)10-7-18-3-2-4-20(24)15-18/h2-10,15H,11-14,16H2,1H3/b10-7+. The van der Waals surface area contributed by atoms with E-state index in [-0.39, 0.29) is 5.91 Å². The normalized spacial score (nSPS) is 15.1. The molecule has 0 unspecified atom stereocenters. The number of piperazine rings is 1. The summed E-state index contributed by atoms with van der Waals surface area (Å²) in [7, 11) is 0. The van der Waals surface area contributed by atoms with Gasteiger partial charge in [-0.05, 0) is 30.7 Å². The Morgan fingerprint density at radius 2 is 1.90 bits per heavy atom. The number of amides is 1. The fourth-order valence-corrected chi connectivity index (χ4v) is 3.54. The number of hydrogen-bond acceptors (Lipinski definition) is 5. The van der Waals surface area contributed by atoms with Crippen molar-refractivity contribution < 1.29 is 9.32 Å². The van der Waals surface area contributed by atoms with Gasteiger partial charge in [0.25, 0.3) is 0 Å². The van der Waals surface area contributed by atoms with Crippen molar-refractivity contribution in [3.8, 4) is 11.4 Å². The Morgan fingerprint density at radius 1 is 1.13 bits per heavy atom. The molecule has 1 aromatic heterocycles. The van der Waals surface area contributed by atoms with Gasteiger partial charge in [0.1, 0.15) is 0 Å². The summed E-state index contributed by atoms with van der Waals surface area (Å²) in [6, 6.07) is 15.5. The van der Waals surface area contributed by atoms with Gasteiger partial charge in [-0.25, -0.2) is 0 Å². The maximum absolute atomic E-state index is 12.5. The summed E-state index contributed by atoms with van der Waals surface area (Å²) >= 11 is 5.98. The topological polar surface area (TPSA) is 62.5 Å². The van der Waals surface area contributed by atoms with E-state index in [0.29, 0.717) is 36.4 Å². The summed E-state index contributed by atoms with van der Waals surface area (Å²) in [5, 5.41) is 4.75. The zero-order valence-electron chi connectivity index (χ0n) is 16.8. The number of aryl methyl sites for hydroxylation is 1. The van der Waals surface area contributed by atoms with Crippen molar-refractivity contribution in [2.24, 2.45) is 0 Å². The van der Waals surface area contributed by atoms with Crippen molar-refractivity contribution in [2.75, 3.05) is 26.2 Å². The molecule has 1 fully saturated rings. The van der Waals surface area contributed by atoms with Crippen LogP contribution in [0.15, 0.2) is 59.1 Å². The van der Waals surface area contributed by atoms with Gasteiger partial charge in [-0.3, -0.25) is 9.69 Å². The van der Waals surface area contributed by atoms with Gasteiger partial charge in [-0.2, -0.15) is 4.98 Å². The van der Waals surface area contributed by atoms with Gasteiger partial charge in [-0.1, -0.05) is 58.7 Å². The molecular weight excluding hydrogens is 400 g/mol. The summed E-state index contributed by atoms with van der Waals surface area (Å²) in [6.45, 7) is 5.48. The zero-order valence-corrected chi connectivity index (χ0v) is 17.5. The molecule has 1 saturated heterocycles. The molecule has 0 N–H and O–H groups in total. The van der Waals surface area contributed by atoms with Crippen molar-refractivity contribution in [1.82, 2.24) is 19.9 Å². The minimum Gasteiger partial charge on any atom is -0.338 e. The fraction of sp³-hybridized carbons (Fsp3) is 0.261. The summed E-state index contributed by atoms with van der Waals surface area (Å²) in [5.41, 5.74) is 3.05. The van der Waals surface area contributed by atoms with E-state index in [4.69, 9.17) is 16.1 Å². The van der Waals surface area contributed by atoms with E-state index < -0.39 is 0 Å². The predicted octanol–water partition coefficient (Wildman–Crippen LogP) is 4.06. The number of aromatic nitrogens is 2. The molecule has 6 nitrogen and oxygen atoms in total. The molecule has 0 radical (unpaired) electrons. The second-order valence-electron chi connectivity index (χ2n) is 7.37. The van der Waals surface area contributed by atoms with E-state index >= 15 is 0 Å². The molecule has 0 atom stereocenters. The third-order valence-corrected chi connectivity index (χ3v) is 5.32. The highest BCUT2D eigenvalue weighted by Gasteiger charge is 2.21. The summed E-state index contributed by atoms with van der Waals surface area (Å²) < 4.78 is 5.42. The van der Waals surface area contributed by atoms with Crippen LogP contribution in [0.2, 0.25) is 5.02 Å². The van der Waals surface area contributed by atoms with Crippen LogP contribution in [0.25, 0.3) is 17.5 Å². The molecule has 154 valence electrons. The highest BCUT2D eigenvalue weighted by Crippen LogP contribution is 2.17. The van der Waals surface area contributed by atoms with Crippen molar-refractivity contribution in [3.05, 3.63) is 76.6 Å². The highest BCUT2D eigenvalue weighted by molar-refractivity contribution is 6.30. The van der Waals surface area contributed by atoms with Gasteiger partial charge >= 0.3 is 0 Å². The maximum atomic E-state index is 12.5. The minimum atomic E-state index is 0.00840. The van der Waals surface area contributed by atoms with Crippen LogP contribution in [-0.2, 0) is 11.3 Å². The van der Waals surface area contributed by atoms with Crippen LogP contribution in [0.1, 0.15) is 17.0 Å². The van der Waals surface area contributed by atoms with Crippen molar-refractivity contribution >= 4 is 23.6 Å². The summed E-state index contributed by atoms with van der Waals surface area (Å²) in [4.78, 5) is 21.0. The molecule has 3 aromatic rings. The highest BCUT2D eigenvalue weighted by atomic mass is 35.5. The quantitative estimate of drug-likeness (QED) is 0.580. The molecule has 0 aliphatic carbocycles. The van der Waals surface area contributed by atoms with E-state index in [1.54, 1.807) is 12.2 Å². The van der Waals surface area contributed by atoms with E-state index in [1.807, 2.05) is 60.4 Å². The average Bonchev–Trinajstić information content (AvgIpc) is 3.21. The molecule has 0 bridgehead atoms. The summed E-state index contributed by atoms with van der Waals surface area (Å²) in [5.74, 6) is 1.20. The predicted molar refractivity (Wildman–Crippen MR) is 117 cm³/mol. The van der Waals surface area contributed by atoms with Crippen LogP contribution >= 0.6 is 11.6 Å². The monoisotopic (exact) mass is 422 g/mol. The number of halogens is 1. The SMILES string of the molecule is Cc1ccc(-c2noc(CN3CCN(C(=O)/C=C/c4cccc(Cl)c4)CC3)n2)cc1. The largest absolute Gasteiger partial charge is 0.338 e. The van der Waals surface area contributed by atoms with Crippen LogP contribution < -0.4 is 0 Å². The van der Waals surface area contributed by atoms with Gasteiger partial charge in [0.15, 0.2) is 0 Å². The third-order valence-electron chi connectivity index (χ3n) is 5.09. The Bertz CT molecular complexity index is 1040. The van der Waals surface area contributed by atoms with Gasteiger partial charge < -0.3 is 9.42 Å². The Hall–Kier alpha value is -2.96. The van der Waals surface area contributed by atoms with Crippen molar-refractivity contribution in [2.45, 2.75) is 13.5 Å². The molecule has 1 amide bonds. The Labute approximate surface area is 180 Å². The van der Waals surface area contributed by atoms with Crippen LogP contribution in [0.5, 0.6) is 0 Å². The second-order valence-corrected chi connectivity index (χ2v) is 7.80. The summed E-state index contributed by atoms with van der Waals surface area (Å²) in [6.07, 6.45) is 3.40. The molecule has 4 rings (SSSR count). The minimum absolute atomic E-state index is 0.00840. The van der Waals surface area contributed by atoms with E-state index in [1.165, 1.54) is 5.56 Å². The van der Waals surface area contributed by atoms with Crippen molar-refractivity contribution in [3.63, 3.8) is 0 Å². The van der Waals surface area contributed by atoms with Crippen molar-refractivity contribution in [1.29, 1.82) is 0 Å². The first-order valence-electron chi connectivity index (χ1n) is 9.91. The lowest BCUT2D eigenvalue weighted by atomic mass is 10.1. The van der Waals surface area contributed by atoms with Crippen LogP contribution in [0.3, 0.4) is 0 Å². The lowest BCUT2D eigenvalue weighted by molar-refractivity contribution is -0.127. The molecule has 1 aliphatic heterocycles. The first kappa shape index (κ1) is 20.3. The van der Waals surface area contributed by atoms with E-state index in [9.17, 15) is 4.79 Å². The third kappa shape index (κ3) is 5.14. The molecule has 2 aromatic carbocycles. The smallest absolute Gasteiger partial charge is 0.246 e. The number of nitrogens with zero attached hydrogens (tertiary/aromatic N) is 4. The first-order valence-corrected chi connectivity index (χ1v) is 10.3. The Kier molecular flexibility index (Phi) is 6.26. The second kappa shape index (κ2) is 9.24. The zero-order chi connectivity index (χ0) is 20.9. The van der Waals surface area contributed by atoms with Gasteiger partial charge in [0.05, 0.1) is 6.54 Å². The average molecular weight is 423 g/mol. The molecule has 2 heterocycles. The van der Waals surface area contributed by atoms with Crippen LogP contribution in [-0.4, -0.2) is 52.0 Å². The first-order chi connectivity index (χ1) is 14.6. The fourth-order valence-electron chi connectivity index (χ4n) is 3.34. The number of rotatable bonds is 5. The molecule has 0 saturated carbocycles. The maximum Gasteiger partial charge on any atom is 0.246 e. The number of benzene rings is 2. The molecule has 0 spiro atoms. The number of carbonyl (C=O) groups excluding carboxylic acids is 1. The molecule has 1 aliphatic rings. The van der Waals surface area contributed by atoms with Gasteiger partial charge in [-0.15, -0.1) is 0 Å². The Morgan fingerprint density at radius 3 is 2.63 bits per heavy atom. The van der Waals surface area contributed by atoms with E-state index in [2.05, 4.69) is 15.0 Å². The molecular formula is C23H23ClN4O2. The number of carbonyl (C=O) groups is 1. The van der Waals surface area contributed by atoms with Crippen LogP contribution in [0, 0.1) is 6.92 Å². The number of hydrogen-bond donors (Lipinski definition) is 0.